The van der Waals surface area contributed by atoms with Crippen molar-refractivity contribution < 1.29 is 5.11 Å². The van der Waals surface area contributed by atoms with Gasteiger partial charge in [-0.1, -0.05) is 15.9 Å². The Morgan fingerprint density at radius 2 is 2.33 bits per heavy atom. The molecule has 0 bridgehead atoms. The van der Waals surface area contributed by atoms with Gasteiger partial charge in [0.2, 0.25) is 0 Å². The Bertz CT molecular complexity index is 32.0. The molecule has 0 heterocycles. The molecule has 0 aliphatic heterocycles. The fraction of sp³-hybridized carbons (Fsp3) is 1.00. The molecule has 0 aliphatic carbocycles. The molecule has 0 aliphatic rings. The molecule has 0 rings (SSSR count). The van der Waals surface area contributed by atoms with E-state index in [0.717, 1.165) is 0 Å². The smallest absolute Gasteiger partial charge is 0.0908 e. The van der Waals surface area contributed by atoms with Gasteiger partial charge in [0, 0.05) is 6.61 Å². The Hall–Kier alpha value is 0.730. The first-order valence-corrected chi connectivity index (χ1v) is 3.01. The van der Waals surface area contributed by atoms with Crippen LogP contribution in [0.4, 0.5) is 0 Å². The second-order valence-corrected chi connectivity index (χ2v) is 3.06. The molecule has 1 nitrogen and oxygen atoms in total. The molecule has 0 aromatic rings. The van der Waals surface area contributed by atoms with Crippen LogP contribution in [0.3, 0.4) is 0 Å². The normalized spacial score (nSPS) is 14.5. The van der Waals surface area contributed by atoms with Gasteiger partial charge in [0.1, 0.15) is 0 Å². The highest BCUT2D eigenvalue weighted by Gasteiger charge is 1.91. The summed E-state index contributed by atoms with van der Waals surface area (Å²) in [6.07, 6.45) is 0.613. The van der Waals surface area contributed by atoms with Crippen LogP contribution in [-0.4, -0.2) is 16.0 Å². The maximum absolute atomic E-state index is 8.12. The predicted molar refractivity (Wildman–Crippen MR) is 30.3 cm³/mol. The first-order chi connectivity index (χ1) is 2.77. The summed E-state index contributed by atoms with van der Waals surface area (Å²) in [6.45, 7) is 0.152. The van der Waals surface area contributed by atoms with Gasteiger partial charge in [-0.05, 0) is 6.42 Å². The van der Waals surface area contributed by atoms with E-state index in [-0.39, 0.29) is 10.9 Å². The first kappa shape index (κ1) is 6.73. The fourth-order valence-corrected chi connectivity index (χ4v) is 0.400. The van der Waals surface area contributed by atoms with Gasteiger partial charge in [-0.25, -0.2) is 0 Å². The zero-order valence-electron chi connectivity index (χ0n) is 3.19. The third kappa shape index (κ3) is 4.73. The number of rotatable bonds is 2. The van der Waals surface area contributed by atoms with Crippen molar-refractivity contribution in [1.29, 1.82) is 0 Å². The number of aliphatic hydroxyl groups is 1. The molecule has 0 aromatic heterocycles. The molecule has 0 saturated carbocycles. The molecule has 1 atom stereocenters. The number of aliphatic hydroxyl groups excluding tert-OH is 1. The summed E-state index contributed by atoms with van der Waals surface area (Å²) in [5.74, 6) is 0. The molecule has 0 aromatic carbocycles. The Morgan fingerprint density at radius 3 is 2.33 bits per heavy atom. The van der Waals surface area contributed by atoms with Crippen molar-refractivity contribution in [3.8, 4) is 0 Å². The molecule has 0 saturated heterocycles. The van der Waals surface area contributed by atoms with E-state index in [4.69, 9.17) is 16.7 Å². The van der Waals surface area contributed by atoms with Crippen molar-refractivity contribution >= 4 is 27.5 Å². The van der Waals surface area contributed by atoms with Crippen LogP contribution in [0.25, 0.3) is 0 Å². The number of halogens is 2. The van der Waals surface area contributed by atoms with E-state index in [1.165, 1.54) is 0 Å². The summed E-state index contributed by atoms with van der Waals surface area (Å²) < 4.78 is -0.0671. The van der Waals surface area contributed by atoms with Crippen LogP contribution in [0.2, 0.25) is 0 Å². The van der Waals surface area contributed by atoms with Crippen LogP contribution >= 0.6 is 27.5 Å². The Balaban J connectivity index is 2.63. The van der Waals surface area contributed by atoms with Gasteiger partial charge in [0.15, 0.2) is 0 Å². The zero-order chi connectivity index (χ0) is 4.99. The molecule has 1 unspecified atom stereocenters. The SMILES string of the molecule is OCCC(Cl)Br. The average molecular weight is 173 g/mol. The summed E-state index contributed by atoms with van der Waals surface area (Å²) in [5.41, 5.74) is 0. The van der Waals surface area contributed by atoms with E-state index in [1.807, 2.05) is 0 Å². The summed E-state index contributed by atoms with van der Waals surface area (Å²) in [5, 5.41) is 8.12. The van der Waals surface area contributed by atoms with E-state index in [2.05, 4.69) is 15.9 Å². The Labute approximate surface area is 50.4 Å². The number of hydrogen-bond acceptors (Lipinski definition) is 1. The zero-order valence-corrected chi connectivity index (χ0v) is 5.54. The van der Waals surface area contributed by atoms with E-state index in [9.17, 15) is 0 Å². The highest BCUT2D eigenvalue weighted by Crippen LogP contribution is 2.07. The number of alkyl halides is 2. The average Bonchev–Trinajstić information content (AvgIpc) is 1.35. The van der Waals surface area contributed by atoms with E-state index in [0.29, 0.717) is 6.42 Å². The highest BCUT2D eigenvalue weighted by molar-refractivity contribution is 9.10. The van der Waals surface area contributed by atoms with Gasteiger partial charge in [0.05, 0.1) is 4.29 Å². The predicted octanol–water partition coefficient (Wildman–Crippen LogP) is 1.33. The maximum atomic E-state index is 8.12. The summed E-state index contributed by atoms with van der Waals surface area (Å²) in [6, 6.07) is 0. The third-order valence-electron chi connectivity index (χ3n) is 0.347. The van der Waals surface area contributed by atoms with E-state index in [1.54, 1.807) is 0 Å². The molecular weight excluding hydrogens is 167 g/mol. The van der Waals surface area contributed by atoms with Crippen molar-refractivity contribution in [3.63, 3.8) is 0 Å². The van der Waals surface area contributed by atoms with Crippen LogP contribution in [0.5, 0.6) is 0 Å². The van der Waals surface area contributed by atoms with Crippen molar-refractivity contribution in [1.82, 2.24) is 0 Å². The minimum absolute atomic E-state index is 0.0671. The molecule has 0 spiro atoms. The third-order valence-corrected chi connectivity index (χ3v) is 1.02. The summed E-state index contributed by atoms with van der Waals surface area (Å²) >= 11 is 8.37. The van der Waals surface area contributed by atoms with Crippen LogP contribution in [0.15, 0.2) is 0 Å². The molecule has 1 N–H and O–H groups in total. The summed E-state index contributed by atoms with van der Waals surface area (Å²) in [7, 11) is 0. The lowest BCUT2D eigenvalue weighted by atomic mass is 10.5. The van der Waals surface area contributed by atoms with Crippen LogP contribution < -0.4 is 0 Å². The van der Waals surface area contributed by atoms with Crippen LogP contribution in [0, 0.1) is 0 Å². The molecule has 3 heteroatoms. The van der Waals surface area contributed by atoms with Gasteiger partial charge in [-0.2, -0.15) is 0 Å². The Morgan fingerprint density at radius 1 is 1.83 bits per heavy atom. The fourth-order valence-electron chi connectivity index (χ4n) is 0.0976. The minimum Gasteiger partial charge on any atom is -0.396 e. The quantitative estimate of drug-likeness (QED) is 0.625. The lowest BCUT2D eigenvalue weighted by molar-refractivity contribution is 0.294. The monoisotopic (exact) mass is 172 g/mol. The Kier molecular flexibility index (Phi) is 4.38. The molecule has 0 radical (unpaired) electrons. The largest absolute Gasteiger partial charge is 0.396 e. The molecule has 0 amide bonds. The van der Waals surface area contributed by atoms with Gasteiger partial charge in [0.25, 0.3) is 0 Å². The maximum Gasteiger partial charge on any atom is 0.0908 e. The standard InChI is InChI=1S/C3H6BrClO/c4-3(5)1-2-6/h3,6H,1-2H2. The van der Waals surface area contributed by atoms with Gasteiger partial charge < -0.3 is 5.11 Å². The minimum atomic E-state index is -0.0671. The van der Waals surface area contributed by atoms with Gasteiger partial charge in [-0.3, -0.25) is 0 Å². The van der Waals surface area contributed by atoms with Crippen molar-refractivity contribution in [3.05, 3.63) is 0 Å². The van der Waals surface area contributed by atoms with Crippen LogP contribution in [0.1, 0.15) is 6.42 Å². The lowest BCUT2D eigenvalue weighted by Crippen LogP contribution is -1.88. The lowest BCUT2D eigenvalue weighted by Gasteiger charge is -1.90. The van der Waals surface area contributed by atoms with Crippen molar-refractivity contribution in [2.45, 2.75) is 10.7 Å². The topological polar surface area (TPSA) is 20.2 Å². The van der Waals surface area contributed by atoms with E-state index < -0.39 is 0 Å². The molecule has 38 valence electrons. The molecule has 0 fully saturated rings. The highest BCUT2D eigenvalue weighted by atomic mass is 79.9. The van der Waals surface area contributed by atoms with Crippen molar-refractivity contribution in [2.24, 2.45) is 0 Å². The van der Waals surface area contributed by atoms with E-state index >= 15 is 0 Å². The summed E-state index contributed by atoms with van der Waals surface area (Å²) in [4.78, 5) is 0. The van der Waals surface area contributed by atoms with Crippen molar-refractivity contribution in [2.75, 3.05) is 6.61 Å². The molecular formula is C3H6BrClO. The van der Waals surface area contributed by atoms with Gasteiger partial charge in [-0.15, -0.1) is 11.6 Å². The molecule has 6 heavy (non-hydrogen) atoms. The first-order valence-electron chi connectivity index (χ1n) is 1.66. The number of hydrogen-bond donors (Lipinski definition) is 1. The second kappa shape index (κ2) is 3.90. The van der Waals surface area contributed by atoms with Gasteiger partial charge >= 0.3 is 0 Å². The van der Waals surface area contributed by atoms with Crippen LogP contribution in [-0.2, 0) is 0 Å². The second-order valence-electron chi connectivity index (χ2n) is 0.903.